The Morgan fingerprint density at radius 1 is 1.48 bits per heavy atom. The van der Waals surface area contributed by atoms with Crippen LogP contribution in [0.1, 0.15) is 47.6 Å². The highest BCUT2D eigenvalue weighted by atomic mass is 32.2. The van der Waals surface area contributed by atoms with Crippen molar-refractivity contribution in [3.63, 3.8) is 0 Å². The van der Waals surface area contributed by atoms with Gasteiger partial charge in [0.2, 0.25) is 5.13 Å². The molecule has 0 amide bonds. The van der Waals surface area contributed by atoms with Gasteiger partial charge in [0.25, 0.3) is 0 Å². The Kier molecular flexibility index (Phi) is 5.81. The van der Waals surface area contributed by atoms with Crippen molar-refractivity contribution in [3.8, 4) is 0 Å². The average Bonchev–Trinajstić information content (AvgIpc) is 3.17. The Morgan fingerprint density at radius 3 is 2.92 bits per heavy atom. The lowest BCUT2D eigenvalue weighted by Crippen LogP contribution is -2.14. The van der Waals surface area contributed by atoms with Crippen LogP contribution in [0.2, 0.25) is 0 Å². The molecule has 0 aromatic carbocycles. The van der Waals surface area contributed by atoms with Gasteiger partial charge in [0.05, 0.1) is 18.4 Å². The van der Waals surface area contributed by atoms with E-state index in [1.54, 1.807) is 7.11 Å². The summed E-state index contributed by atoms with van der Waals surface area (Å²) in [5.41, 5.74) is 2.87. The summed E-state index contributed by atoms with van der Waals surface area (Å²) in [4.78, 5) is 12.7. The number of ketones is 1. The molecule has 1 unspecified atom stereocenters. The summed E-state index contributed by atoms with van der Waals surface area (Å²) >= 11 is 2.97. The van der Waals surface area contributed by atoms with Gasteiger partial charge in [-0.2, -0.15) is 0 Å². The van der Waals surface area contributed by atoms with Crippen LogP contribution >= 0.6 is 23.1 Å². The normalized spacial score (nSPS) is 15.4. The molecule has 0 aliphatic heterocycles. The molecule has 1 aliphatic carbocycles. The van der Waals surface area contributed by atoms with Gasteiger partial charge in [-0.25, -0.2) is 0 Å². The van der Waals surface area contributed by atoms with Gasteiger partial charge in [-0.1, -0.05) is 23.1 Å². The molecule has 1 N–H and O–H groups in total. The first-order valence-electron chi connectivity index (χ1n) is 8.43. The topological polar surface area (TPSA) is 69.0 Å². The lowest BCUT2D eigenvalue weighted by Gasteiger charge is -2.17. The molecule has 1 saturated carbocycles. The van der Waals surface area contributed by atoms with Crippen LogP contribution in [0.15, 0.2) is 10.4 Å². The van der Waals surface area contributed by atoms with Crippen molar-refractivity contribution in [2.24, 2.45) is 0 Å². The molecule has 2 aromatic heterocycles. The van der Waals surface area contributed by atoms with Crippen molar-refractivity contribution in [1.29, 1.82) is 0 Å². The first kappa shape index (κ1) is 18.4. The number of carbonyl (C=O) groups excluding carboxylic acids is 1. The maximum absolute atomic E-state index is 12.7. The number of nitrogens with zero attached hydrogens (tertiary/aromatic N) is 3. The molecular weight excluding hydrogens is 356 g/mol. The first-order valence-corrected chi connectivity index (χ1v) is 10.2. The van der Waals surface area contributed by atoms with Crippen molar-refractivity contribution < 1.29 is 9.53 Å². The zero-order chi connectivity index (χ0) is 18.0. The van der Waals surface area contributed by atoms with E-state index in [9.17, 15) is 4.79 Å². The van der Waals surface area contributed by atoms with Crippen LogP contribution in [0, 0.1) is 13.8 Å². The number of nitrogens with one attached hydrogen (secondary N) is 1. The molecule has 1 fully saturated rings. The summed E-state index contributed by atoms with van der Waals surface area (Å²) in [6.07, 6.45) is 2.41. The van der Waals surface area contributed by atoms with Crippen LogP contribution in [0.4, 0.5) is 5.13 Å². The first-order chi connectivity index (χ1) is 12.0. The Labute approximate surface area is 156 Å². The summed E-state index contributed by atoms with van der Waals surface area (Å²) in [5, 5.41) is 12.5. The highest BCUT2D eigenvalue weighted by Gasteiger charge is 2.23. The monoisotopic (exact) mass is 380 g/mol. The zero-order valence-corrected chi connectivity index (χ0v) is 16.7. The Balaban J connectivity index is 1.62. The molecule has 0 radical (unpaired) electrons. The third kappa shape index (κ3) is 4.43. The number of aryl methyl sites for hydroxylation is 1. The number of hydrogen-bond acceptors (Lipinski definition) is 7. The van der Waals surface area contributed by atoms with E-state index in [1.807, 2.05) is 19.9 Å². The van der Waals surface area contributed by atoms with Crippen LogP contribution in [0.5, 0.6) is 0 Å². The SMILES string of the molecule is COCC(C)n1c(C)cc(C(=O)CSc2nnc(NC3CC3)s2)c1C. The highest BCUT2D eigenvalue weighted by molar-refractivity contribution is 8.01. The maximum Gasteiger partial charge on any atom is 0.206 e. The summed E-state index contributed by atoms with van der Waals surface area (Å²) < 4.78 is 8.25. The third-order valence-electron chi connectivity index (χ3n) is 4.27. The number of rotatable bonds is 9. The van der Waals surface area contributed by atoms with E-state index in [-0.39, 0.29) is 11.8 Å². The quantitative estimate of drug-likeness (QED) is 0.528. The number of Topliss-reactive ketones (excluding diaryl/α,β-unsaturated/α-hetero) is 1. The lowest BCUT2D eigenvalue weighted by atomic mass is 10.2. The van der Waals surface area contributed by atoms with Gasteiger partial charge in [-0.15, -0.1) is 10.2 Å². The number of hydrogen-bond donors (Lipinski definition) is 1. The van der Waals surface area contributed by atoms with Gasteiger partial charge >= 0.3 is 0 Å². The predicted octanol–water partition coefficient (Wildman–Crippen LogP) is 3.71. The molecule has 2 aromatic rings. The average molecular weight is 381 g/mol. The van der Waals surface area contributed by atoms with Crippen LogP contribution in [0.3, 0.4) is 0 Å². The third-order valence-corrected chi connectivity index (χ3v) is 6.26. The maximum atomic E-state index is 12.7. The Bertz CT molecular complexity index is 752. The minimum absolute atomic E-state index is 0.126. The second-order valence-electron chi connectivity index (χ2n) is 6.46. The van der Waals surface area contributed by atoms with Crippen molar-refractivity contribution >= 4 is 34.0 Å². The second-order valence-corrected chi connectivity index (χ2v) is 8.66. The molecule has 2 heterocycles. The van der Waals surface area contributed by atoms with Gasteiger partial charge in [0, 0.05) is 30.1 Å². The summed E-state index contributed by atoms with van der Waals surface area (Å²) in [7, 11) is 1.70. The van der Waals surface area contributed by atoms with E-state index in [0.717, 1.165) is 26.4 Å². The second kappa shape index (κ2) is 7.88. The molecule has 0 saturated heterocycles. The van der Waals surface area contributed by atoms with Crippen LogP contribution in [-0.4, -0.2) is 46.1 Å². The minimum atomic E-state index is 0.126. The molecule has 136 valence electrons. The fourth-order valence-corrected chi connectivity index (χ4v) is 4.70. The van der Waals surface area contributed by atoms with Crippen LogP contribution in [-0.2, 0) is 4.74 Å². The lowest BCUT2D eigenvalue weighted by molar-refractivity contribution is 0.102. The summed E-state index contributed by atoms with van der Waals surface area (Å²) in [6, 6.07) is 2.75. The summed E-state index contributed by atoms with van der Waals surface area (Å²) in [6.45, 7) is 6.76. The fraction of sp³-hybridized carbons (Fsp3) is 0.588. The smallest absolute Gasteiger partial charge is 0.206 e. The number of thioether (sulfide) groups is 1. The van der Waals surface area contributed by atoms with Gasteiger partial charge in [0.1, 0.15) is 0 Å². The molecule has 1 aliphatic rings. The minimum Gasteiger partial charge on any atom is -0.383 e. The Hall–Kier alpha value is -1.38. The van der Waals surface area contributed by atoms with E-state index in [1.165, 1.54) is 35.9 Å². The van der Waals surface area contributed by atoms with Crippen molar-refractivity contribution in [2.75, 3.05) is 24.8 Å². The van der Waals surface area contributed by atoms with Crippen molar-refractivity contribution in [2.45, 2.75) is 50.0 Å². The van der Waals surface area contributed by atoms with Gasteiger partial charge in [-0.05, 0) is 39.7 Å². The Morgan fingerprint density at radius 2 is 2.24 bits per heavy atom. The molecule has 8 heteroatoms. The van der Waals surface area contributed by atoms with Gasteiger partial charge < -0.3 is 14.6 Å². The number of carbonyl (C=O) groups is 1. The van der Waals surface area contributed by atoms with Crippen molar-refractivity contribution in [1.82, 2.24) is 14.8 Å². The van der Waals surface area contributed by atoms with E-state index in [2.05, 4.69) is 27.0 Å². The van der Waals surface area contributed by atoms with E-state index < -0.39 is 0 Å². The number of ether oxygens (including phenoxy) is 1. The molecule has 0 spiro atoms. The number of aromatic nitrogens is 3. The predicted molar refractivity (Wildman–Crippen MR) is 102 cm³/mol. The van der Waals surface area contributed by atoms with E-state index in [4.69, 9.17) is 4.74 Å². The van der Waals surface area contributed by atoms with Crippen LogP contribution in [0.25, 0.3) is 0 Å². The molecule has 0 bridgehead atoms. The number of anilines is 1. The van der Waals surface area contributed by atoms with E-state index in [0.29, 0.717) is 18.4 Å². The molecular formula is C17H24N4O2S2. The highest BCUT2D eigenvalue weighted by Crippen LogP contribution is 2.31. The number of methoxy groups -OCH3 is 1. The van der Waals surface area contributed by atoms with E-state index >= 15 is 0 Å². The molecule has 3 rings (SSSR count). The fourth-order valence-electron chi connectivity index (χ4n) is 2.99. The largest absolute Gasteiger partial charge is 0.383 e. The van der Waals surface area contributed by atoms with Crippen LogP contribution < -0.4 is 5.32 Å². The molecule has 1 atom stereocenters. The van der Waals surface area contributed by atoms with Gasteiger partial charge in [0.15, 0.2) is 10.1 Å². The zero-order valence-electron chi connectivity index (χ0n) is 15.0. The van der Waals surface area contributed by atoms with Gasteiger partial charge in [-0.3, -0.25) is 4.79 Å². The standard InChI is InChI=1S/C17H24N4O2S2/c1-10-7-14(12(3)21(10)11(2)8-23-4)15(22)9-24-17-20-19-16(25-17)18-13-5-6-13/h7,11,13H,5-6,8-9H2,1-4H3,(H,18,19). The molecule has 25 heavy (non-hydrogen) atoms. The molecule has 6 nitrogen and oxygen atoms in total. The summed E-state index contributed by atoms with van der Waals surface area (Å²) in [5.74, 6) is 0.502. The van der Waals surface area contributed by atoms with Crippen molar-refractivity contribution in [3.05, 3.63) is 23.0 Å².